The highest BCUT2D eigenvalue weighted by Crippen LogP contribution is 2.23. The Morgan fingerprint density at radius 3 is 3.00 bits per heavy atom. The van der Waals surface area contributed by atoms with E-state index in [4.69, 9.17) is 4.74 Å². The second-order valence-electron chi connectivity index (χ2n) is 4.02. The van der Waals surface area contributed by atoms with Crippen molar-refractivity contribution in [1.29, 1.82) is 0 Å². The Bertz CT molecular complexity index is 483. The first-order valence-electron chi connectivity index (χ1n) is 5.99. The summed E-state index contributed by atoms with van der Waals surface area (Å²) in [6, 6.07) is 4.04. The minimum absolute atomic E-state index is 0.00129. The predicted molar refractivity (Wildman–Crippen MR) is 77.5 cm³/mol. The summed E-state index contributed by atoms with van der Waals surface area (Å²) in [5, 5.41) is 7.94. The SMILES string of the molecule is COCCC(=O)N[C@@H](Cc1cccs1)c1nccs1. The predicted octanol–water partition coefficient (Wildman–Crippen LogP) is 2.64. The van der Waals surface area contributed by atoms with E-state index in [2.05, 4.69) is 16.4 Å². The van der Waals surface area contributed by atoms with E-state index in [0.29, 0.717) is 13.0 Å². The van der Waals surface area contributed by atoms with Crippen LogP contribution in [-0.4, -0.2) is 24.6 Å². The Morgan fingerprint density at radius 2 is 2.37 bits per heavy atom. The highest BCUT2D eigenvalue weighted by molar-refractivity contribution is 7.10. The zero-order chi connectivity index (χ0) is 13.5. The van der Waals surface area contributed by atoms with Crippen molar-refractivity contribution >= 4 is 28.6 Å². The minimum atomic E-state index is -0.0528. The molecule has 2 aromatic rings. The first-order valence-corrected chi connectivity index (χ1v) is 7.75. The molecule has 0 radical (unpaired) electrons. The summed E-state index contributed by atoms with van der Waals surface area (Å²) in [4.78, 5) is 17.4. The first-order chi connectivity index (χ1) is 9.29. The van der Waals surface area contributed by atoms with Gasteiger partial charge in [-0.15, -0.1) is 22.7 Å². The van der Waals surface area contributed by atoms with Crippen LogP contribution in [0.3, 0.4) is 0 Å². The molecule has 0 aliphatic heterocycles. The molecule has 0 aliphatic carbocycles. The van der Waals surface area contributed by atoms with Crippen LogP contribution in [0.2, 0.25) is 0 Å². The molecule has 0 aliphatic rings. The summed E-state index contributed by atoms with van der Waals surface area (Å²) in [6.45, 7) is 0.440. The van der Waals surface area contributed by atoms with Gasteiger partial charge in [-0.25, -0.2) is 4.98 Å². The van der Waals surface area contributed by atoms with Crippen molar-refractivity contribution in [2.24, 2.45) is 0 Å². The van der Waals surface area contributed by atoms with Gasteiger partial charge in [0.15, 0.2) is 0 Å². The van der Waals surface area contributed by atoms with Crippen LogP contribution in [0.15, 0.2) is 29.1 Å². The summed E-state index contributed by atoms with van der Waals surface area (Å²) >= 11 is 3.26. The monoisotopic (exact) mass is 296 g/mol. The molecular weight excluding hydrogens is 280 g/mol. The summed E-state index contributed by atoms with van der Waals surface area (Å²) in [6.07, 6.45) is 2.93. The van der Waals surface area contributed by atoms with Crippen molar-refractivity contribution < 1.29 is 9.53 Å². The maximum atomic E-state index is 11.8. The molecule has 2 aromatic heterocycles. The molecule has 0 bridgehead atoms. The number of carbonyl (C=O) groups is 1. The lowest BCUT2D eigenvalue weighted by Crippen LogP contribution is -2.30. The Morgan fingerprint density at radius 1 is 1.47 bits per heavy atom. The molecule has 2 heterocycles. The lowest BCUT2D eigenvalue weighted by Gasteiger charge is -2.15. The Kier molecular flexibility index (Phi) is 5.50. The normalized spacial score (nSPS) is 12.3. The van der Waals surface area contributed by atoms with Gasteiger partial charge in [-0.1, -0.05) is 6.07 Å². The van der Waals surface area contributed by atoms with Gasteiger partial charge in [-0.05, 0) is 11.4 Å². The third kappa shape index (κ3) is 4.41. The lowest BCUT2D eigenvalue weighted by atomic mass is 10.2. The van der Waals surface area contributed by atoms with Crippen molar-refractivity contribution in [3.8, 4) is 0 Å². The van der Waals surface area contributed by atoms with Crippen molar-refractivity contribution in [1.82, 2.24) is 10.3 Å². The quantitative estimate of drug-likeness (QED) is 0.854. The molecule has 4 nitrogen and oxygen atoms in total. The number of thiophene rings is 1. The molecule has 0 saturated heterocycles. The Labute approximate surface area is 120 Å². The number of hydrogen-bond donors (Lipinski definition) is 1. The third-order valence-corrected chi connectivity index (χ3v) is 4.39. The molecule has 0 saturated carbocycles. The van der Waals surface area contributed by atoms with E-state index >= 15 is 0 Å². The van der Waals surface area contributed by atoms with Crippen LogP contribution in [0.25, 0.3) is 0 Å². The van der Waals surface area contributed by atoms with Gasteiger partial charge in [0.2, 0.25) is 5.91 Å². The molecule has 6 heteroatoms. The van der Waals surface area contributed by atoms with Crippen LogP contribution in [0, 0.1) is 0 Å². The number of hydrogen-bond acceptors (Lipinski definition) is 5. The van der Waals surface area contributed by atoms with Crippen LogP contribution in [0.5, 0.6) is 0 Å². The Hall–Kier alpha value is -1.24. The van der Waals surface area contributed by atoms with Crippen molar-refractivity contribution in [2.75, 3.05) is 13.7 Å². The summed E-state index contributed by atoms with van der Waals surface area (Å²) in [5.41, 5.74) is 0. The maximum Gasteiger partial charge on any atom is 0.222 e. The maximum absolute atomic E-state index is 11.8. The van der Waals surface area contributed by atoms with E-state index in [1.807, 2.05) is 16.8 Å². The standard InChI is InChI=1S/C13H16N2O2S2/c1-17-6-4-12(16)15-11(13-14-5-8-19-13)9-10-3-2-7-18-10/h2-3,5,7-8,11H,4,6,9H2,1H3,(H,15,16)/t11-/m0/s1. The van der Waals surface area contributed by atoms with Gasteiger partial charge in [0, 0.05) is 36.4 Å². The van der Waals surface area contributed by atoms with Crippen molar-refractivity contribution in [3.05, 3.63) is 39.0 Å². The third-order valence-electron chi connectivity index (χ3n) is 2.60. The molecule has 0 unspecified atom stereocenters. The van der Waals surface area contributed by atoms with Crippen LogP contribution in [0.4, 0.5) is 0 Å². The zero-order valence-electron chi connectivity index (χ0n) is 10.7. The molecule has 1 atom stereocenters. The molecule has 0 spiro atoms. The largest absolute Gasteiger partial charge is 0.384 e. The molecule has 1 N–H and O–H groups in total. The van der Waals surface area contributed by atoms with E-state index in [-0.39, 0.29) is 11.9 Å². The fourth-order valence-electron chi connectivity index (χ4n) is 1.70. The highest BCUT2D eigenvalue weighted by atomic mass is 32.1. The number of nitrogens with zero attached hydrogens (tertiary/aromatic N) is 1. The molecular formula is C13H16N2O2S2. The van der Waals surface area contributed by atoms with E-state index in [0.717, 1.165) is 11.4 Å². The smallest absolute Gasteiger partial charge is 0.222 e. The second kappa shape index (κ2) is 7.37. The number of rotatable bonds is 7. The van der Waals surface area contributed by atoms with Gasteiger partial charge in [0.05, 0.1) is 12.6 Å². The van der Waals surface area contributed by atoms with Crippen LogP contribution in [0.1, 0.15) is 22.3 Å². The van der Waals surface area contributed by atoms with Crippen molar-refractivity contribution in [2.45, 2.75) is 18.9 Å². The molecule has 2 rings (SSSR count). The molecule has 1 amide bonds. The average molecular weight is 296 g/mol. The van der Waals surface area contributed by atoms with Crippen LogP contribution < -0.4 is 5.32 Å². The van der Waals surface area contributed by atoms with E-state index in [1.54, 1.807) is 36.0 Å². The highest BCUT2D eigenvalue weighted by Gasteiger charge is 2.17. The van der Waals surface area contributed by atoms with Crippen molar-refractivity contribution in [3.63, 3.8) is 0 Å². The van der Waals surface area contributed by atoms with Gasteiger partial charge in [-0.3, -0.25) is 4.79 Å². The molecule has 0 fully saturated rings. The average Bonchev–Trinajstić information content (AvgIpc) is 3.08. The number of nitrogens with one attached hydrogen (secondary N) is 1. The molecule has 19 heavy (non-hydrogen) atoms. The number of ether oxygens (including phenoxy) is 1. The number of carbonyl (C=O) groups excluding carboxylic acids is 1. The number of amides is 1. The number of methoxy groups -OCH3 is 1. The fraction of sp³-hybridized carbons (Fsp3) is 0.385. The van der Waals surface area contributed by atoms with Gasteiger partial charge < -0.3 is 10.1 Å². The van der Waals surface area contributed by atoms with Gasteiger partial charge in [0.1, 0.15) is 5.01 Å². The number of aromatic nitrogens is 1. The van der Waals surface area contributed by atoms with Crippen LogP contribution in [-0.2, 0) is 16.0 Å². The topological polar surface area (TPSA) is 51.2 Å². The van der Waals surface area contributed by atoms with Gasteiger partial charge >= 0.3 is 0 Å². The van der Waals surface area contributed by atoms with Crippen LogP contribution >= 0.6 is 22.7 Å². The second-order valence-corrected chi connectivity index (χ2v) is 5.98. The Balaban J connectivity index is 2.00. The van der Waals surface area contributed by atoms with E-state index in [9.17, 15) is 4.79 Å². The molecule has 102 valence electrons. The number of thiazole rings is 1. The van der Waals surface area contributed by atoms with Gasteiger partial charge in [0.25, 0.3) is 0 Å². The summed E-state index contributed by atoms with van der Waals surface area (Å²) in [7, 11) is 1.59. The first kappa shape index (κ1) is 14.2. The lowest BCUT2D eigenvalue weighted by molar-refractivity contribution is -0.122. The minimum Gasteiger partial charge on any atom is -0.384 e. The van der Waals surface area contributed by atoms with E-state index in [1.165, 1.54) is 4.88 Å². The summed E-state index contributed by atoms with van der Waals surface area (Å²) in [5.74, 6) is -0.00129. The van der Waals surface area contributed by atoms with Gasteiger partial charge in [-0.2, -0.15) is 0 Å². The van der Waals surface area contributed by atoms with E-state index < -0.39 is 0 Å². The summed E-state index contributed by atoms with van der Waals surface area (Å²) < 4.78 is 4.92. The zero-order valence-corrected chi connectivity index (χ0v) is 12.3. The molecule has 0 aromatic carbocycles. The fourth-order valence-corrected chi connectivity index (χ4v) is 3.14.